The van der Waals surface area contributed by atoms with E-state index in [1.165, 1.54) is 0 Å². The fourth-order valence-electron chi connectivity index (χ4n) is 2.02. The van der Waals surface area contributed by atoms with E-state index in [4.69, 9.17) is 0 Å². The Morgan fingerprint density at radius 1 is 1.47 bits per heavy atom. The molecule has 0 aliphatic carbocycles. The van der Waals surface area contributed by atoms with Crippen molar-refractivity contribution in [2.75, 3.05) is 13.1 Å². The Morgan fingerprint density at radius 2 is 2.16 bits per heavy atom. The van der Waals surface area contributed by atoms with Gasteiger partial charge in [-0.25, -0.2) is 0 Å². The zero-order chi connectivity index (χ0) is 14.0. The quantitative estimate of drug-likeness (QED) is 0.869. The Morgan fingerprint density at radius 3 is 2.74 bits per heavy atom. The maximum Gasteiger partial charge on any atom is 0.246 e. The van der Waals surface area contributed by atoms with Gasteiger partial charge in [0.25, 0.3) is 0 Å². The highest BCUT2D eigenvalue weighted by molar-refractivity contribution is 9.10. The van der Waals surface area contributed by atoms with Gasteiger partial charge >= 0.3 is 0 Å². The molecule has 0 spiro atoms. The number of carbonyl (C=O) groups is 1. The molecule has 1 amide bonds. The van der Waals surface area contributed by atoms with Gasteiger partial charge in [0, 0.05) is 10.5 Å². The minimum atomic E-state index is -0.709. The first kappa shape index (κ1) is 14.3. The molecule has 1 fully saturated rings. The van der Waals surface area contributed by atoms with Crippen LogP contribution in [-0.4, -0.2) is 34.6 Å². The zero-order valence-electron chi connectivity index (χ0n) is 11.1. The van der Waals surface area contributed by atoms with Crippen molar-refractivity contribution in [3.8, 4) is 0 Å². The molecule has 102 valence electrons. The first-order chi connectivity index (χ1) is 8.90. The highest BCUT2D eigenvalue weighted by Gasteiger charge is 2.45. The van der Waals surface area contributed by atoms with Crippen molar-refractivity contribution >= 4 is 27.9 Å². The number of benzene rings is 1. The van der Waals surface area contributed by atoms with E-state index in [2.05, 4.69) is 15.9 Å². The monoisotopic (exact) mass is 323 g/mol. The van der Waals surface area contributed by atoms with E-state index in [0.29, 0.717) is 13.1 Å². The van der Waals surface area contributed by atoms with Crippen LogP contribution >= 0.6 is 15.9 Å². The number of aliphatic hydroxyl groups is 1. The summed E-state index contributed by atoms with van der Waals surface area (Å²) in [5, 5.41) is 10.1. The number of carbonyl (C=O) groups excluding carboxylic acids is 1. The maximum absolute atomic E-state index is 11.9. The van der Waals surface area contributed by atoms with E-state index in [1.54, 1.807) is 17.1 Å². The summed E-state index contributed by atoms with van der Waals surface area (Å²) < 4.78 is 0.986. The summed E-state index contributed by atoms with van der Waals surface area (Å²) in [5.41, 5.74) is 0.265. The van der Waals surface area contributed by atoms with Gasteiger partial charge in [-0.05, 0) is 29.7 Å². The summed E-state index contributed by atoms with van der Waals surface area (Å²) in [5.74, 6) is 0.121. The lowest BCUT2D eigenvalue weighted by Gasteiger charge is -2.48. The molecule has 2 rings (SSSR count). The molecule has 19 heavy (non-hydrogen) atoms. The molecule has 0 unspecified atom stereocenters. The van der Waals surface area contributed by atoms with Gasteiger partial charge in [-0.2, -0.15) is 0 Å². The molecule has 1 aliphatic heterocycles. The molecular weight excluding hydrogens is 306 g/mol. The zero-order valence-corrected chi connectivity index (χ0v) is 12.7. The van der Waals surface area contributed by atoms with Crippen molar-refractivity contribution in [2.24, 2.45) is 5.92 Å². The number of nitrogens with zero attached hydrogens (tertiary/aromatic N) is 1. The molecular formula is C15H18BrNO2. The van der Waals surface area contributed by atoms with Gasteiger partial charge in [0.15, 0.2) is 0 Å². The normalized spacial score (nSPS) is 17.8. The molecule has 0 saturated carbocycles. The molecule has 1 aromatic rings. The maximum atomic E-state index is 11.9. The first-order valence-corrected chi connectivity index (χ1v) is 7.15. The number of hydrogen-bond acceptors (Lipinski definition) is 2. The van der Waals surface area contributed by atoms with Crippen LogP contribution in [0.2, 0.25) is 0 Å². The third-order valence-corrected chi connectivity index (χ3v) is 4.08. The van der Waals surface area contributed by atoms with Crippen molar-refractivity contribution in [3.63, 3.8) is 0 Å². The molecule has 0 atom stereocenters. The molecule has 0 bridgehead atoms. The Hall–Kier alpha value is -1.13. The topological polar surface area (TPSA) is 40.5 Å². The second kappa shape index (κ2) is 5.47. The minimum Gasteiger partial charge on any atom is -0.386 e. The standard InChI is InChI=1S/C15H18BrNO2/c1-11(2)15(19)9-17(10-15)14(18)7-6-12-4-3-5-13(16)8-12/h3-8,11,19H,9-10H2,1-2H3. The first-order valence-electron chi connectivity index (χ1n) is 6.36. The summed E-state index contributed by atoms with van der Waals surface area (Å²) in [7, 11) is 0. The molecule has 3 nitrogen and oxygen atoms in total. The molecule has 4 heteroatoms. The second-order valence-corrected chi connectivity index (χ2v) is 6.26. The van der Waals surface area contributed by atoms with E-state index in [0.717, 1.165) is 10.0 Å². The lowest BCUT2D eigenvalue weighted by atomic mass is 9.83. The average molecular weight is 324 g/mol. The Balaban J connectivity index is 1.93. The molecule has 1 N–H and O–H groups in total. The predicted molar refractivity (Wildman–Crippen MR) is 79.5 cm³/mol. The molecule has 1 heterocycles. The number of halogens is 1. The van der Waals surface area contributed by atoms with Crippen molar-refractivity contribution in [1.29, 1.82) is 0 Å². The van der Waals surface area contributed by atoms with Gasteiger partial charge in [-0.15, -0.1) is 0 Å². The Bertz CT molecular complexity index is 505. The van der Waals surface area contributed by atoms with Crippen LogP contribution < -0.4 is 0 Å². The van der Waals surface area contributed by atoms with E-state index in [1.807, 2.05) is 38.1 Å². The third kappa shape index (κ3) is 3.25. The molecule has 0 radical (unpaired) electrons. The molecule has 0 aromatic heterocycles. The van der Waals surface area contributed by atoms with Gasteiger partial charge in [-0.1, -0.05) is 41.9 Å². The number of rotatable bonds is 3. The smallest absolute Gasteiger partial charge is 0.246 e. The van der Waals surface area contributed by atoms with Crippen LogP contribution in [0.1, 0.15) is 19.4 Å². The van der Waals surface area contributed by atoms with Crippen LogP contribution in [0.25, 0.3) is 6.08 Å². The van der Waals surface area contributed by atoms with Gasteiger partial charge in [0.1, 0.15) is 5.60 Å². The summed E-state index contributed by atoms with van der Waals surface area (Å²) >= 11 is 3.39. The predicted octanol–water partition coefficient (Wildman–Crippen LogP) is 2.69. The van der Waals surface area contributed by atoms with Crippen LogP contribution in [0.4, 0.5) is 0 Å². The average Bonchev–Trinajstić information content (AvgIpc) is 2.32. The largest absolute Gasteiger partial charge is 0.386 e. The van der Waals surface area contributed by atoms with Crippen LogP contribution in [0.15, 0.2) is 34.8 Å². The highest BCUT2D eigenvalue weighted by Crippen LogP contribution is 2.28. The summed E-state index contributed by atoms with van der Waals surface area (Å²) in [6.07, 6.45) is 3.35. The Kier molecular flexibility index (Phi) is 4.11. The summed E-state index contributed by atoms with van der Waals surface area (Å²) in [4.78, 5) is 13.6. The number of hydrogen-bond donors (Lipinski definition) is 1. The van der Waals surface area contributed by atoms with Crippen LogP contribution in [-0.2, 0) is 4.79 Å². The van der Waals surface area contributed by atoms with Crippen molar-refractivity contribution in [1.82, 2.24) is 4.90 Å². The molecule has 1 aromatic carbocycles. The number of likely N-dealkylation sites (tertiary alicyclic amines) is 1. The molecule has 1 saturated heterocycles. The highest BCUT2D eigenvalue weighted by atomic mass is 79.9. The third-order valence-electron chi connectivity index (χ3n) is 3.58. The van der Waals surface area contributed by atoms with Crippen LogP contribution in [0, 0.1) is 5.92 Å². The Labute approximate surface area is 122 Å². The van der Waals surface area contributed by atoms with Crippen molar-refractivity contribution < 1.29 is 9.90 Å². The van der Waals surface area contributed by atoms with Gasteiger partial charge in [0.05, 0.1) is 13.1 Å². The van der Waals surface area contributed by atoms with Crippen LogP contribution in [0.3, 0.4) is 0 Å². The van der Waals surface area contributed by atoms with E-state index >= 15 is 0 Å². The van der Waals surface area contributed by atoms with E-state index in [9.17, 15) is 9.90 Å². The second-order valence-electron chi connectivity index (χ2n) is 5.34. The summed E-state index contributed by atoms with van der Waals surface area (Å²) in [6, 6.07) is 7.76. The number of amides is 1. The van der Waals surface area contributed by atoms with Crippen molar-refractivity contribution in [3.05, 3.63) is 40.4 Å². The lowest BCUT2D eigenvalue weighted by molar-refractivity contribution is -0.158. The van der Waals surface area contributed by atoms with Gasteiger partial charge in [-0.3, -0.25) is 4.79 Å². The van der Waals surface area contributed by atoms with Crippen molar-refractivity contribution in [2.45, 2.75) is 19.4 Å². The van der Waals surface area contributed by atoms with Crippen LogP contribution in [0.5, 0.6) is 0 Å². The number of β-amino-alcohol motifs (C(OH)–C–C–N with tert-alkyl or cyclic N) is 1. The summed E-state index contributed by atoms with van der Waals surface area (Å²) in [6.45, 7) is 4.79. The molecule has 1 aliphatic rings. The fraction of sp³-hybridized carbons (Fsp3) is 0.400. The van der Waals surface area contributed by atoms with E-state index < -0.39 is 5.60 Å². The van der Waals surface area contributed by atoms with Gasteiger partial charge in [0.2, 0.25) is 5.91 Å². The minimum absolute atomic E-state index is 0.0506. The fourth-order valence-corrected chi connectivity index (χ4v) is 2.44. The van der Waals surface area contributed by atoms with E-state index in [-0.39, 0.29) is 11.8 Å². The SMILES string of the molecule is CC(C)C1(O)CN(C(=O)C=Cc2cccc(Br)c2)C1. The lowest BCUT2D eigenvalue weighted by Crippen LogP contribution is -2.65. The van der Waals surface area contributed by atoms with Gasteiger partial charge < -0.3 is 10.0 Å².